The van der Waals surface area contributed by atoms with Crippen LogP contribution >= 0.6 is 23.2 Å². The predicted octanol–water partition coefficient (Wildman–Crippen LogP) is 4.19. The van der Waals surface area contributed by atoms with E-state index in [0.717, 1.165) is 10.8 Å². The zero-order valence-electron chi connectivity index (χ0n) is 15.4. The van der Waals surface area contributed by atoms with Gasteiger partial charge in [0.2, 0.25) is 0 Å². The van der Waals surface area contributed by atoms with Crippen LogP contribution in [0.15, 0.2) is 36.4 Å². The Labute approximate surface area is 172 Å². The fraction of sp³-hybridized carbons (Fsp3) is 0.350. The van der Waals surface area contributed by atoms with Gasteiger partial charge >= 0.3 is 173 Å². The molecule has 0 saturated heterocycles. The molecule has 0 bridgehead atoms. The molecule has 0 amide bonds. The quantitative estimate of drug-likeness (QED) is 0.560. The SMILES string of the molecule is CC(C)Cc1ccc([As]C(=O)COc2ccc(Cl)cc2Cl)cc1N(C)C. The van der Waals surface area contributed by atoms with E-state index in [0.29, 0.717) is 21.7 Å². The Bertz CT molecular complexity index is 778. The van der Waals surface area contributed by atoms with Crippen molar-refractivity contribution in [1.82, 2.24) is 0 Å². The fourth-order valence-corrected chi connectivity index (χ4v) is 4.60. The van der Waals surface area contributed by atoms with Crippen molar-refractivity contribution in [2.75, 3.05) is 25.6 Å². The molecule has 0 heterocycles. The summed E-state index contributed by atoms with van der Waals surface area (Å²) >= 11 is 11.3. The molecule has 2 aromatic rings. The van der Waals surface area contributed by atoms with E-state index < -0.39 is 15.8 Å². The Hall–Kier alpha value is -1.15. The second-order valence-corrected chi connectivity index (χ2v) is 10.1. The van der Waals surface area contributed by atoms with Crippen LogP contribution in [-0.2, 0) is 11.2 Å². The number of benzene rings is 2. The number of nitrogens with zero attached hydrogens (tertiary/aromatic N) is 1. The van der Waals surface area contributed by atoms with Gasteiger partial charge in [0.1, 0.15) is 0 Å². The molecule has 0 aliphatic carbocycles. The summed E-state index contributed by atoms with van der Waals surface area (Å²) in [5, 5.41) is 0.951. The Morgan fingerprint density at radius 3 is 2.50 bits per heavy atom. The first-order valence-corrected chi connectivity index (χ1v) is 11.0. The van der Waals surface area contributed by atoms with Crippen LogP contribution in [0.25, 0.3) is 0 Å². The van der Waals surface area contributed by atoms with Gasteiger partial charge in [-0.3, -0.25) is 0 Å². The summed E-state index contributed by atoms with van der Waals surface area (Å²) in [5.74, 6) is 1.07. The summed E-state index contributed by atoms with van der Waals surface area (Å²) in [4.78, 5) is 14.4. The summed E-state index contributed by atoms with van der Waals surface area (Å²) in [7, 11) is 4.07. The molecule has 0 spiro atoms. The number of rotatable bonds is 8. The molecular formula is C20H23AsCl2NO2. The van der Waals surface area contributed by atoms with E-state index in [1.807, 2.05) is 14.1 Å². The molecule has 0 fully saturated rings. The van der Waals surface area contributed by atoms with Gasteiger partial charge in [-0.15, -0.1) is 0 Å². The van der Waals surface area contributed by atoms with Crippen LogP contribution in [0.3, 0.4) is 0 Å². The van der Waals surface area contributed by atoms with Crippen molar-refractivity contribution in [3.05, 3.63) is 52.0 Å². The van der Waals surface area contributed by atoms with E-state index in [9.17, 15) is 4.79 Å². The number of carbonyl (C=O) groups excluding carboxylic acids is 1. The Morgan fingerprint density at radius 1 is 1.15 bits per heavy atom. The van der Waals surface area contributed by atoms with Gasteiger partial charge in [-0.25, -0.2) is 0 Å². The molecule has 0 aromatic heterocycles. The number of halogens is 2. The number of hydrogen-bond donors (Lipinski definition) is 0. The van der Waals surface area contributed by atoms with Crippen molar-refractivity contribution in [3.8, 4) is 5.75 Å². The van der Waals surface area contributed by atoms with E-state index in [1.54, 1.807) is 18.2 Å². The zero-order valence-corrected chi connectivity index (χ0v) is 18.8. The van der Waals surface area contributed by atoms with Crippen molar-refractivity contribution in [3.63, 3.8) is 0 Å². The van der Waals surface area contributed by atoms with Gasteiger partial charge in [0.15, 0.2) is 0 Å². The van der Waals surface area contributed by atoms with Crippen LogP contribution in [0.2, 0.25) is 10.0 Å². The Morgan fingerprint density at radius 2 is 1.88 bits per heavy atom. The Kier molecular flexibility index (Phi) is 7.88. The molecule has 6 heteroatoms. The maximum atomic E-state index is 12.3. The van der Waals surface area contributed by atoms with Crippen LogP contribution < -0.4 is 14.0 Å². The first-order chi connectivity index (χ1) is 12.3. The van der Waals surface area contributed by atoms with E-state index in [1.165, 1.54) is 11.3 Å². The topological polar surface area (TPSA) is 29.5 Å². The molecular weight excluding hydrogens is 432 g/mol. The third-order valence-electron chi connectivity index (χ3n) is 3.68. The third-order valence-corrected chi connectivity index (χ3v) is 6.13. The van der Waals surface area contributed by atoms with E-state index in [4.69, 9.17) is 27.9 Å². The van der Waals surface area contributed by atoms with Gasteiger partial charge in [-0.05, 0) is 0 Å². The van der Waals surface area contributed by atoms with Gasteiger partial charge in [0.05, 0.1) is 0 Å². The van der Waals surface area contributed by atoms with Crippen LogP contribution in [0.5, 0.6) is 5.75 Å². The summed E-state index contributed by atoms with van der Waals surface area (Å²) < 4.78 is 6.72. The van der Waals surface area contributed by atoms with Gasteiger partial charge in [0, 0.05) is 0 Å². The molecule has 0 aliphatic rings. The number of hydrogen-bond acceptors (Lipinski definition) is 3. The van der Waals surface area contributed by atoms with E-state index in [-0.39, 0.29) is 11.2 Å². The zero-order chi connectivity index (χ0) is 19.3. The second-order valence-electron chi connectivity index (χ2n) is 6.67. The molecule has 0 N–H and O–H groups in total. The summed E-state index contributed by atoms with van der Waals surface area (Å²) in [6.45, 7) is 4.44. The average Bonchev–Trinajstić information content (AvgIpc) is 2.54. The van der Waals surface area contributed by atoms with Crippen molar-refractivity contribution in [1.29, 1.82) is 0 Å². The molecule has 1 radical (unpaired) electrons. The van der Waals surface area contributed by atoms with E-state index in [2.05, 4.69) is 36.9 Å². The molecule has 26 heavy (non-hydrogen) atoms. The fourth-order valence-electron chi connectivity index (χ4n) is 2.56. The van der Waals surface area contributed by atoms with Gasteiger partial charge in [-0.2, -0.15) is 0 Å². The molecule has 0 unspecified atom stereocenters. The molecule has 2 aromatic carbocycles. The van der Waals surface area contributed by atoms with Crippen molar-refractivity contribution >= 4 is 53.6 Å². The summed E-state index contributed by atoms with van der Waals surface area (Å²) in [6.07, 6.45) is 1.02. The van der Waals surface area contributed by atoms with Crippen LogP contribution in [-0.4, -0.2) is 41.0 Å². The van der Waals surface area contributed by atoms with Crippen LogP contribution in [0.1, 0.15) is 19.4 Å². The summed E-state index contributed by atoms with van der Waals surface area (Å²) in [6, 6.07) is 11.3. The second kappa shape index (κ2) is 9.69. The Balaban J connectivity index is 2.03. The first kappa shape index (κ1) is 21.2. The van der Waals surface area contributed by atoms with Gasteiger partial charge in [-0.1, -0.05) is 0 Å². The van der Waals surface area contributed by atoms with Crippen molar-refractivity contribution < 1.29 is 9.53 Å². The number of ether oxygens (including phenoxy) is 1. The molecule has 139 valence electrons. The predicted molar refractivity (Wildman–Crippen MR) is 112 cm³/mol. The normalized spacial score (nSPS) is 11.3. The van der Waals surface area contributed by atoms with Crippen molar-refractivity contribution in [2.45, 2.75) is 20.3 Å². The van der Waals surface area contributed by atoms with Crippen molar-refractivity contribution in [2.24, 2.45) is 5.92 Å². The number of carbonyl (C=O) groups is 1. The molecule has 3 nitrogen and oxygen atoms in total. The van der Waals surface area contributed by atoms with Gasteiger partial charge < -0.3 is 0 Å². The molecule has 2 rings (SSSR count). The monoisotopic (exact) mass is 454 g/mol. The molecule has 0 saturated carbocycles. The first-order valence-electron chi connectivity index (χ1n) is 8.39. The van der Waals surface area contributed by atoms with E-state index >= 15 is 0 Å². The van der Waals surface area contributed by atoms with Gasteiger partial charge in [0.25, 0.3) is 0 Å². The minimum atomic E-state index is -0.622. The third kappa shape index (κ3) is 6.23. The molecule has 0 atom stereocenters. The van der Waals surface area contributed by atoms with Crippen LogP contribution in [0.4, 0.5) is 5.69 Å². The number of anilines is 1. The maximum absolute atomic E-state index is 12.3. The van der Waals surface area contributed by atoms with Crippen LogP contribution in [0, 0.1) is 5.92 Å². The molecule has 0 aliphatic heterocycles. The standard InChI is InChI=1S/C20H23AsCl2NO2/c1-13(2)9-14-5-6-15(10-18(14)24(3)4)21-20(25)12-26-19-8-7-16(22)11-17(19)23/h5-8,10-11,13H,9,12H2,1-4H3. The minimum absolute atomic E-state index is 0.0202. The summed E-state index contributed by atoms with van der Waals surface area (Å²) in [5.41, 5.74) is 2.49. The average molecular weight is 455 g/mol.